The van der Waals surface area contributed by atoms with E-state index >= 15 is 0 Å². The van der Waals surface area contributed by atoms with Gasteiger partial charge in [-0.2, -0.15) is 0 Å². The molecular weight excluding hydrogens is 282 g/mol. The highest BCUT2D eigenvalue weighted by atomic mass is 16.2. The summed E-state index contributed by atoms with van der Waals surface area (Å²) < 4.78 is 0. The van der Waals surface area contributed by atoms with Crippen molar-refractivity contribution in [2.45, 2.75) is 40.0 Å². The molecule has 0 spiro atoms. The van der Waals surface area contributed by atoms with Crippen LogP contribution in [-0.4, -0.2) is 12.5 Å². The third-order valence-corrected chi connectivity index (χ3v) is 4.56. The van der Waals surface area contributed by atoms with Crippen molar-refractivity contribution in [3.63, 3.8) is 0 Å². The fourth-order valence-corrected chi connectivity index (χ4v) is 3.37. The van der Waals surface area contributed by atoms with Crippen molar-refractivity contribution in [1.82, 2.24) is 0 Å². The van der Waals surface area contributed by atoms with Gasteiger partial charge in [-0.25, -0.2) is 0 Å². The molecule has 0 saturated carbocycles. The summed E-state index contributed by atoms with van der Waals surface area (Å²) in [6.07, 6.45) is 0. The SMILES string of the molecule is CC(C)(C)C(=O)N1CC(C)(C)c2cccc(-c3ccccc3)c21. The Balaban J connectivity index is 2.21. The molecule has 1 aliphatic heterocycles. The highest BCUT2D eigenvalue weighted by molar-refractivity contribution is 6.03. The van der Waals surface area contributed by atoms with Crippen LogP contribution in [0, 0.1) is 5.41 Å². The molecule has 0 fully saturated rings. The Morgan fingerprint density at radius 2 is 1.65 bits per heavy atom. The van der Waals surface area contributed by atoms with Crippen molar-refractivity contribution >= 4 is 11.6 Å². The van der Waals surface area contributed by atoms with E-state index in [9.17, 15) is 4.79 Å². The molecule has 0 N–H and O–H groups in total. The number of carbonyl (C=O) groups is 1. The van der Waals surface area contributed by atoms with Crippen LogP contribution in [0.1, 0.15) is 40.2 Å². The molecule has 1 aliphatic rings. The number of fused-ring (bicyclic) bond motifs is 1. The summed E-state index contributed by atoms with van der Waals surface area (Å²) in [5.41, 5.74) is 4.24. The molecule has 1 amide bonds. The maximum absolute atomic E-state index is 13.0. The van der Waals surface area contributed by atoms with Crippen LogP contribution in [0.25, 0.3) is 11.1 Å². The lowest BCUT2D eigenvalue weighted by Crippen LogP contribution is -2.41. The average molecular weight is 307 g/mol. The van der Waals surface area contributed by atoms with E-state index in [0.29, 0.717) is 0 Å². The monoisotopic (exact) mass is 307 g/mol. The topological polar surface area (TPSA) is 20.3 Å². The van der Waals surface area contributed by atoms with Gasteiger partial charge in [-0.15, -0.1) is 0 Å². The predicted molar refractivity (Wildman–Crippen MR) is 96.7 cm³/mol. The summed E-state index contributed by atoms with van der Waals surface area (Å²) in [6.45, 7) is 11.2. The summed E-state index contributed by atoms with van der Waals surface area (Å²) in [7, 11) is 0. The van der Waals surface area contributed by atoms with Crippen molar-refractivity contribution in [3.05, 3.63) is 54.1 Å². The fourth-order valence-electron chi connectivity index (χ4n) is 3.37. The van der Waals surface area contributed by atoms with Crippen LogP contribution in [0.4, 0.5) is 5.69 Å². The van der Waals surface area contributed by atoms with E-state index in [2.05, 4.69) is 44.2 Å². The minimum atomic E-state index is -0.387. The maximum atomic E-state index is 13.0. The van der Waals surface area contributed by atoms with Gasteiger partial charge in [0.1, 0.15) is 0 Å². The van der Waals surface area contributed by atoms with Crippen molar-refractivity contribution in [2.24, 2.45) is 5.41 Å². The Hall–Kier alpha value is -2.09. The zero-order valence-corrected chi connectivity index (χ0v) is 14.7. The van der Waals surface area contributed by atoms with Crippen LogP contribution in [0.15, 0.2) is 48.5 Å². The molecule has 2 aromatic carbocycles. The van der Waals surface area contributed by atoms with E-state index in [0.717, 1.165) is 23.4 Å². The van der Waals surface area contributed by atoms with Gasteiger partial charge in [0, 0.05) is 22.9 Å². The van der Waals surface area contributed by atoms with Crippen molar-refractivity contribution in [1.29, 1.82) is 0 Å². The van der Waals surface area contributed by atoms with Gasteiger partial charge in [0.15, 0.2) is 0 Å². The molecule has 0 atom stereocenters. The Morgan fingerprint density at radius 3 is 2.26 bits per heavy atom. The van der Waals surface area contributed by atoms with Gasteiger partial charge in [-0.05, 0) is 11.1 Å². The van der Waals surface area contributed by atoms with E-state index in [4.69, 9.17) is 0 Å². The van der Waals surface area contributed by atoms with Crippen molar-refractivity contribution < 1.29 is 4.79 Å². The molecular formula is C21H25NO. The summed E-state index contributed by atoms with van der Waals surface area (Å²) in [5.74, 6) is 0.188. The number of nitrogens with zero attached hydrogens (tertiary/aromatic N) is 1. The molecule has 2 nitrogen and oxygen atoms in total. The number of amides is 1. The number of hydrogen-bond acceptors (Lipinski definition) is 1. The quantitative estimate of drug-likeness (QED) is 0.724. The molecule has 0 aliphatic carbocycles. The van der Waals surface area contributed by atoms with Crippen LogP contribution in [-0.2, 0) is 10.2 Å². The Morgan fingerprint density at radius 1 is 1.00 bits per heavy atom. The fraction of sp³-hybridized carbons (Fsp3) is 0.381. The van der Waals surface area contributed by atoms with Gasteiger partial charge in [0.25, 0.3) is 0 Å². The summed E-state index contributed by atoms with van der Waals surface area (Å²) in [4.78, 5) is 15.0. The molecule has 2 heteroatoms. The van der Waals surface area contributed by atoms with Crippen LogP contribution in [0.2, 0.25) is 0 Å². The van der Waals surface area contributed by atoms with Crippen LogP contribution in [0.5, 0.6) is 0 Å². The maximum Gasteiger partial charge on any atom is 0.232 e. The van der Waals surface area contributed by atoms with Crippen LogP contribution < -0.4 is 4.90 Å². The second-order valence-electron chi connectivity index (χ2n) is 8.09. The normalized spacial score (nSPS) is 16.3. The third kappa shape index (κ3) is 2.67. The Labute approximate surface area is 139 Å². The third-order valence-electron chi connectivity index (χ3n) is 4.56. The van der Waals surface area contributed by atoms with E-state index in [1.807, 2.05) is 43.9 Å². The van der Waals surface area contributed by atoms with Gasteiger partial charge in [-0.3, -0.25) is 4.79 Å². The molecule has 0 unspecified atom stereocenters. The summed E-state index contributed by atoms with van der Waals surface area (Å²) in [5, 5.41) is 0. The molecule has 23 heavy (non-hydrogen) atoms. The van der Waals surface area contributed by atoms with Crippen LogP contribution in [0.3, 0.4) is 0 Å². The molecule has 1 heterocycles. The number of benzene rings is 2. The average Bonchev–Trinajstić information content (AvgIpc) is 2.78. The number of para-hydroxylation sites is 1. The largest absolute Gasteiger partial charge is 0.310 e. The van der Waals surface area contributed by atoms with Gasteiger partial charge >= 0.3 is 0 Å². The predicted octanol–water partition coefficient (Wildman–Crippen LogP) is 5.02. The lowest BCUT2D eigenvalue weighted by atomic mass is 9.85. The molecule has 3 rings (SSSR count). The summed E-state index contributed by atoms with van der Waals surface area (Å²) >= 11 is 0. The van der Waals surface area contributed by atoms with Crippen molar-refractivity contribution in [2.75, 3.05) is 11.4 Å². The minimum Gasteiger partial charge on any atom is -0.310 e. The summed E-state index contributed by atoms with van der Waals surface area (Å²) in [6, 6.07) is 16.7. The zero-order valence-electron chi connectivity index (χ0n) is 14.7. The molecule has 0 saturated heterocycles. The van der Waals surface area contributed by atoms with E-state index in [1.165, 1.54) is 5.56 Å². The van der Waals surface area contributed by atoms with Gasteiger partial charge < -0.3 is 4.90 Å². The lowest BCUT2D eigenvalue weighted by molar-refractivity contribution is -0.125. The van der Waals surface area contributed by atoms with Gasteiger partial charge in [0.2, 0.25) is 5.91 Å². The molecule has 0 radical (unpaired) electrons. The first-order valence-electron chi connectivity index (χ1n) is 8.23. The number of hydrogen-bond donors (Lipinski definition) is 0. The highest BCUT2D eigenvalue weighted by Crippen LogP contribution is 2.47. The standard InChI is InChI=1S/C21H25NO/c1-20(2,3)19(23)22-14-21(4,5)17-13-9-12-16(18(17)22)15-10-7-6-8-11-15/h6-13H,14H2,1-5H3. The first-order valence-corrected chi connectivity index (χ1v) is 8.23. The second-order valence-corrected chi connectivity index (χ2v) is 8.09. The number of anilines is 1. The number of carbonyl (C=O) groups excluding carboxylic acids is 1. The first-order chi connectivity index (χ1) is 10.7. The molecule has 2 aromatic rings. The first kappa shape index (κ1) is 15.8. The van der Waals surface area contributed by atoms with Crippen LogP contribution >= 0.6 is 0 Å². The minimum absolute atomic E-state index is 0.0268. The smallest absolute Gasteiger partial charge is 0.232 e. The second kappa shape index (κ2) is 5.23. The molecule has 120 valence electrons. The Bertz CT molecular complexity index is 738. The van der Waals surface area contributed by atoms with E-state index in [-0.39, 0.29) is 16.7 Å². The molecule has 0 bridgehead atoms. The molecule has 0 aromatic heterocycles. The number of rotatable bonds is 1. The van der Waals surface area contributed by atoms with E-state index in [1.54, 1.807) is 0 Å². The van der Waals surface area contributed by atoms with Gasteiger partial charge in [0.05, 0.1) is 5.69 Å². The Kier molecular flexibility index (Phi) is 3.59. The van der Waals surface area contributed by atoms with Gasteiger partial charge in [-0.1, -0.05) is 83.1 Å². The van der Waals surface area contributed by atoms with Crippen molar-refractivity contribution in [3.8, 4) is 11.1 Å². The van der Waals surface area contributed by atoms with E-state index < -0.39 is 0 Å². The highest BCUT2D eigenvalue weighted by Gasteiger charge is 2.42. The lowest BCUT2D eigenvalue weighted by Gasteiger charge is -2.28. The zero-order chi connectivity index (χ0) is 16.8.